The van der Waals surface area contributed by atoms with Crippen LogP contribution in [0.4, 0.5) is 13.6 Å². The van der Waals surface area contributed by atoms with Crippen molar-refractivity contribution in [1.29, 1.82) is 0 Å². The fraction of sp³-hybridized carbons (Fsp3) is 0.500. The van der Waals surface area contributed by atoms with Crippen molar-refractivity contribution >= 4 is 6.03 Å². The van der Waals surface area contributed by atoms with Crippen molar-refractivity contribution in [3.8, 4) is 5.75 Å². The van der Waals surface area contributed by atoms with Crippen molar-refractivity contribution in [2.45, 2.75) is 32.6 Å². The number of hydrogen-bond acceptors (Lipinski definition) is 3. The van der Waals surface area contributed by atoms with Gasteiger partial charge in [0.1, 0.15) is 5.75 Å². The van der Waals surface area contributed by atoms with E-state index < -0.39 is 12.7 Å². The molecule has 1 unspecified atom stereocenters. The van der Waals surface area contributed by atoms with Crippen LogP contribution < -0.4 is 10.1 Å². The summed E-state index contributed by atoms with van der Waals surface area (Å²) in [6, 6.07) is 5.94. The summed E-state index contributed by atoms with van der Waals surface area (Å²) in [5, 5.41) is 11.8. The average Bonchev–Trinajstić information content (AvgIpc) is 2.42. The molecule has 0 saturated heterocycles. The number of alkyl halides is 2. The topological polar surface area (TPSA) is 61.8 Å². The third-order valence-electron chi connectivity index (χ3n) is 2.85. The number of amides is 2. The van der Waals surface area contributed by atoms with Crippen molar-refractivity contribution in [1.82, 2.24) is 10.2 Å². The Morgan fingerprint density at radius 3 is 2.71 bits per heavy atom. The first kappa shape index (κ1) is 17.2. The Bertz CT molecular complexity index is 456. The van der Waals surface area contributed by atoms with Crippen LogP contribution in [0.3, 0.4) is 0 Å². The zero-order chi connectivity index (χ0) is 15.8. The van der Waals surface area contributed by atoms with Gasteiger partial charge in [-0.25, -0.2) is 4.79 Å². The number of carbonyl (C=O) groups excluding carboxylic acids is 1. The zero-order valence-electron chi connectivity index (χ0n) is 12.1. The summed E-state index contributed by atoms with van der Waals surface area (Å²) in [5.41, 5.74) is 0.468. The largest absolute Gasteiger partial charge is 0.434 e. The number of urea groups is 1. The van der Waals surface area contributed by atoms with E-state index in [-0.39, 0.29) is 18.3 Å². The van der Waals surface area contributed by atoms with Crippen molar-refractivity contribution in [2.75, 3.05) is 13.6 Å². The molecule has 1 aromatic carbocycles. The first-order valence-corrected chi connectivity index (χ1v) is 6.60. The van der Waals surface area contributed by atoms with E-state index in [2.05, 4.69) is 10.1 Å². The molecule has 0 radical (unpaired) electrons. The molecule has 1 aromatic rings. The van der Waals surface area contributed by atoms with Crippen molar-refractivity contribution in [3.63, 3.8) is 0 Å². The molecule has 0 aliphatic heterocycles. The second-order valence-corrected chi connectivity index (χ2v) is 4.70. The van der Waals surface area contributed by atoms with E-state index in [1.165, 1.54) is 11.0 Å². The molecule has 1 atom stereocenters. The molecule has 0 aromatic heterocycles. The van der Waals surface area contributed by atoms with Crippen LogP contribution >= 0.6 is 0 Å². The maximum atomic E-state index is 12.3. The number of ether oxygens (including phenoxy) is 1. The lowest BCUT2D eigenvalue weighted by atomic mass is 10.2. The standard InChI is InChI=1S/C14H20F2N2O3/c1-10(19)7-8-18(2)14(20)17-9-11-5-3-4-6-12(11)21-13(15)16/h3-6,10,13,19H,7-9H2,1-2H3,(H,17,20). The molecule has 0 saturated carbocycles. The summed E-state index contributed by atoms with van der Waals surface area (Å²) in [6.07, 6.45) is -0.0185. The summed E-state index contributed by atoms with van der Waals surface area (Å²) >= 11 is 0. The Hall–Kier alpha value is -1.89. The van der Waals surface area contributed by atoms with E-state index in [1.807, 2.05) is 0 Å². The van der Waals surface area contributed by atoms with Gasteiger partial charge in [0.05, 0.1) is 6.10 Å². The highest BCUT2D eigenvalue weighted by Gasteiger charge is 2.12. The minimum absolute atomic E-state index is 0.0411. The molecule has 0 bridgehead atoms. The van der Waals surface area contributed by atoms with Crippen molar-refractivity contribution in [3.05, 3.63) is 29.8 Å². The number of benzene rings is 1. The highest BCUT2D eigenvalue weighted by atomic mass is 19.3. The second kappa shape index (κ2) is 8.41. The number of nitrogens with one attached hydrogen (secondary N) is 1. The van der Waals surface area contributed by atoms with Crippen LogP contribution in [0.25, 0.3) is 0 Å². The summed E-state index contributed by atoms with van der Waals surface area (Å²) in [5.74, 6) is 0.0411. The monoisotopic (exact) mass is 302 g/mol. The number of rotatable bonds is 7. The molecule has 7 heteroatoms. The minimum Gasteiger partial charge on any atom is -0.434 e. The maximum absolute atomic E-state index is 12.3. The number of carbonyl (C=O) groups is 1. The Morgan fingerprint density at radius 2 is 2.10 bits per heavy atom. The van der Waals surface area contributed by atoms with Crippen molar-refractivity contribution in [2.24, 2.45) is 0 Å². The van der Waals surface area contributed by atoms with Crippen molar-refractivity contribution < 1.29 is 23.4 Å². The van der Waals surface area contributed by atoms with E-state index >= 15 is 0 Å². The van der Waals surface area contributed by atoms with E-state index in [9.17, 15) is 13.6 Å². The van der Waals surface area contributed by atoms with Gasteiger partial charge < -0.3 is 20.1 Å². The SMILES string of the molecule is CC(O)CCN(C)C(=O)NCc1ccccc1OC(F)F. The van der Waals surface area contributed by atoms with Gasteiger partial charge in [-0.3, -0.25) is 0 Å². The maximum Gasteiger partial charge on any atom is 0.387 e. The zero-order valence-corrected chi connectivity index (χ0v) is 12.1. The first-order chi connectivity index (χ1) is 9.90. The molecular weight excluding hydrogens is 282 g/mol. The van der Waals surface area contributed by atoms with Gasteiger partial charge in [0.25, 0.3) is 0 Å². The van der Waals surface area contributed by atoms with Gasteiger partial charge in [-0.15, -0.1) is 0 Å². The smallest absolute Gasteiger partial charge is 0.387 e. The summed E-state index contributed by atoms with van der Waals surface area (Å²) < 4.78 is 28.9. The van der Waals surface area contributed by atoms with Crippen LogP contribution in [0.2, 0.25) is 0 Å². The molecule has 0 aliphatic rings. The van der Waals surface area contributed by atoms with Crippen LogP contribution in [-0.2, 0) is 6.54 Å². The van der Waals surface area contributed by atoms with Crippen LogP contribution in [-0.4, -0.2) is 42.3 Å². The highest BCUT2D eigenvalue weighted by Crippen LogP contribution is 2.19. The quantitative estimate of drug-likeness (QED) is 0.811. The lowest BCUT2D eigenvalue weighted by Crippen LogP contribution is -2.38. The third kappa shape index (κ3) is 6.40. The second-order valence-electron chi connectivity index (χ2n) is 4.70. The third-order valence-corrected chi connectivity index (χ3v) is 2.85. The fourth-order valence-corrected chi connectivity index (χ4v) is 1.65. The van der Waals surface area contributed by atoms with Gasteiger partial charge in [-0.1, -0.05) is 18.2 Å². The van der Waals surface area contributed by atoms with E-state index in [0.29, 0.717) is 18.5 Å². The van der Waals surface area contributed by atoms with Crippen LogP contribution in [0.15, 0.2) is 24.3 Å². The molecule has 5 nitrogen and oxygen atoms in total. The van der Waals surface area contributed by atoms with Gasteiger partial charge in [-0.2, -0.15) is 8.78 Å². The Balaban J connectivity index is 2.52. The summed E-state index contributed by atoms with van der Waals surface area (Å²) in [6.45, 7) is -0.779. The lowest BCUT2D eigenvalue weighted by Gasteiger charge is -2.19. The van der Waals surface area contributed by atoms with Gasteiger partial charge in [0.15, 0.2) is 0 Å². The van der Waals surface area contributed by atoms with Gasteiger partial charge in [-0.05, 0) is 19.4 Å². The summed E-state index contributed by atoms with van der Waals surface area (Å²) in [7, 11) is 1.60. The van der Waals surface area contributed by atoms with Gasteiger partial charge >= 0.3 is 12.6 Å². The number of halogens is 2. The Morgan fingerprint density at radius 1 is 1.43 bits per heavy atom. The van der Waals surface area contributed by atoms with Crippen LogP contribution in [0.1, 0.15) is 18.9 Å². The lowest BCUT2D eigenvalue weighted by molar-refractivity contribution is -0.0504. The number of nitrogens with zero attached hydrogens (tertiary/aromatic N) is 1. The number of hydrogen-bond donors (Lipinski definition) is 2. The van der Waals surface area contributed by atoms with E-state index in [4.69, 9.17) is 5.11 Å². The molecule has 0 heterocycles. The highest BCUT2D eigenvalue weighted by molar-refractivity contribution is 5.73. The molecule has 21 heavy (non-hydrogen) atoms. The van der Waals surface area contributed by atoms with Gasteiger partial charge in [0, 0.05) is 25.7 Å². The fourth-order valence-electron chi connectivity index (χ4n) is 1.65. The van der Waals surface area contributed by atoms with Crippen LogP contribution in [0, 0.1) is 0 Å². The molecule has 2 amide bonds. The molecule has 0 fully saturated rings. The molecule has 1 rings (SSSR count). The van der Waals surface area contributed by atoms with E-state index in [0.717, 1.165) is 0 Å². The molecule has 118 valence electrons. The Labute approximate surface area is 122 Å². The molecular formula is C14H20F2N2O3. The average molecular weight is 302 g/mol. The number of para-hydroxylation sites is 1. The predicted octanol–water partition coefficient (Wildman–Crippen LogP) is 2.20. The molecule has 0 aliphatic carbocycles. The van der Waals surface area contributed by atoms with E-state index in [1.54, 1.807) is 32.2 Å². The normalized spacial score (nSPS) is 12.1. The Kier molecular flexibility index (Phi) is 6.87. The first-order valence-electron chi connectivity index (χ1n) is 6.60. The molecule has 0 spiro atoms. The van der Waals surface area contributed by atoms with Crippen LogP contribution in [0.5, 0.6) is 5.75 Å². The number of aliphatic hydroxyl groups excluding tert-OH is 1. The molecule has 2 N–H and O–H groups in total. The predicted molar refractivity (Wildman–Crippen MR) is 74.2 cm³/mol. The summed E-state index contributed by atoms with van der Waals surface area (Å²) in [4.78, 5) is 13.2. The van der Waals surface area contributed by atoms with Gasteiger partial charge in [0.2, 0.25) is 0 Å². The minimum atomic E-state index is -2.91. The number of aliphatic hydroxyl groups is 1.